The van der Waals surface area contributed by atoms with Crippen molar-refractivity contribution in [1.29, 1.82) is 0 Å². The highest BCUT2D eigenvalue weighted by Gasteiger charge is 2.38. The summed E-state index contributed by atoms with van der Waals surface area (Å²) in [6, 6.07) is 15.9. The maximum absolute atomic E-state index is 10.6. The number of benzene rings is 2. The molecule has 1 aliphatic heterocycles. The van der Waals surface area contributed by atoms with Crippen molar-refractivity contribution < 1.29 is 32.9 Å². The van der Waals surface area contributed by atoms with Gasteiger partial charge < -0.3 is 20.3 Å². The first-order valence-electron chi connectivity index (χ1n) is 9.31. The number of halogens is 4. The molecule has 0 saturated carbocycles. The quantitative estimate of drug-likeness (QED) is 0.621. The van der Waals surface area contributed by atoms with Gasteiger partial charge in [0, 0.05) is 29.9 Å². The van der Waals surface area contributed by atoms with Gasteiger partial charge in [0.25, 0.3) is 0 Å². The molecule has 0 aliphatic carbocycles. The molecule has 2 unspecified atom stereocenters. The lowest BCUT2D eigenvalue weighted by Crippen LogP contribution is -2.30. The molecule has 0 fully saturated rings. The molecule has 9 heteroatoms. The van der Waals surface area contributed by atoms with E-state index < -0.39 is 12.1 Å². The summed E-state index contributed by atoms with van der Waals surface area (Å²) in [5, 5.41) is 21.0. The van der Waals surface area contributed by atoms with Gasteiger partial charge in [-0.15, -0.1) is 0 Å². The lowest BCUT2D eigenvalue weighted by Gasteiger charge is -2.26. The standard InChI is InChI=1S/C19H22ClNO2.C2HF3O2/c20-17-7-5-14(6-8-17)16(13-22)12-21-11-15-9-10-23-19-4-2-1-3-18(15)19;3-2(4,5)1(6)7/h1-8,15-16,21-22H,9-13H2;(H,6,7). The molecule has 0 bridgehead atoms. The smallest absolute Gasteiger partial charge is 0.490 e. The molecule has 2 atom stereocenters. The van der Waals surface area contributed by atoms with Crippen molar-refractivity contribution in [3.05, 3.63) is 64.7 Å². The monoisotopic (exact) mass is 445 g/mol. The fourth-order valence-corrected chi connectivity index (χ4v) is 3.21. The van der Waals surface area contributed by atoms with Crippen LogP contribution in [0.5, 0.6) is 5.75 Å². The van der Waals surface area contributed by atoms with Crippen molar-refractivity contribution in [2.75, 3.05) is 26.3 Å². The molecule has 3 N–H and O–H groups in total. The topological polar surface area (TPSA) is 78.8 Å². The van der Waals surface area contributed by atoms with Gasteiger partial charge in [-0.25, -0.2) is 4.79 Å². The Morgan fingerprint density at radius 1 is 1.20 bits per heavy atom. The zero-order valence-corrected chi connectivity index (χ0v) is 16.8. The summed E-state index contributed by atoms with van der Waals surface area (Å²) in [6.07, 6.45) is -4.06. The highest BCUT2D eigenvalue weighted by molar-refractivity contribution is 6.30. The summed E-state index contributed by atoms with van der Waals surface area (Å²) in [6.45, 7) is 2.53. The third-order valence-corrected chi connectivity index (χ3v) is 4.92. The molecule has 1 aliphatic rings. The molecule has 0 amide bonds. The van der Waals surface area contributed by atoms with Gasteiger partial charge in [0.1, 0.15) is 5.75 Å². The van der Waals surface area contributed by atoms with E-state index in [1.54, 1.807) is 0 Å². The van der Waals surface area contributed by atoms with Crippen LogP contribution in [0.25, 0.3) is 0 Å². The van der Waals surface area contributed by atoms with Gasteiger partial charge in [-0.3, -0.25) is 0 Å². The second-order valence-corrected chi connectivity index (χ2v) is 7.20. The van der Waals surface area contributed by atoms with E-state index in [-0.39, 0.29) is 12.5 Å². The number of carboxylic acids is 1. The Balaban J connectivity index is 0.000000396. The number of carboxylic acid groups (broad SMARTS) is 1. The van der Waals surface area contributed by atoms with Gasteiger partial charge in [0.2, 0.25) is 0 Å². The zero-order valence-electron chi connectivity index (χ0n) is 16.0. The highest BCUT2D eigenvalue weighted by Crippen LogP contribution is 2.32. The minimum atomic E-state index is -5.08. The number of fused-ring (bicyclic) bond motifs is 1. The molecule has 30 heavy (non-hydrogen) atoms. The van der Waals surface area contributed by atoms with Crippen LogP contribution in [0.1, 0.15) is 29.4 Å². The number of hydrogen-bond acceptors (Lipinski definition) is 4. The average Bonchev–Trinajstić information content (AvgIpc) is 2.72. The maximum atomic E-state index is 10.6. The molecule has 2 aromatic rings. The predicted molar refractivity (Wildman–Crippen MR) is 107 cm³/mol. The molecule has 1 heterocycles. The van der Waals surface area contributed by atoms with Crippen LogP contribution in [-0.4, -0.2) is 48.7 Å². The lowest BCUT2D eigenvalue weighted by atomic mass is 9.92. The van der Waals surface area contributed by atoms with Gasteiger partial charge in [-0.1, -0.05) is 41.9 Å². The van der Waals surface area contributed by atoms with E-state index >= 15 is 0 Å². The van der Waals surface area contributed by atoms with Crippen LogP contribution in [0, 0.1) is 0 Å². The molecule has 0 saturated heterocycles. The molecule has 5 nitrogen and oxygen atoms in total. The van der Waals surface area contributed by atoms with Crippen molar-refractivity contribution in [3.63, 3.8) is 0 Å². The van der Waals surface area contributed by atoms with Gasteiger partial charge in [0.15, 0.2) is 0 Å². The van der Waals surface area contributed by atoms with Crippen molar-refractivity contribution in [2.24, 2.45) is 0 Å². The first-order chi connectivity index (χ1) is 14.2. The normalized spacial score (nSPS) is 16.5. The predicted octanol–water partition coefficient (Wildman–Crippen LogP) is 4.21. The lowest BCUT2D eigenvalue weighted by molar-refractivity contribution is -0.192. The number of aliphatic carboxylic acids is 1. The number of carbonyl (C=O) groups is 1. The van der Waals surface area contributed by atoms with Gasteiger partial charge in [-0.05, 0) is 35.7 Å². The summed E-state index contributed by atoms with van der Waals surface area (Å²) < 4.78 is 37.4. The van der Waals surface area contributed by atoms with Gasteiger partial charge in [-0.2, -0.15) is 13.2 Å². The van der Waals surface area contributed by atoms with E-state index in [1.807, 2.05) is 36.4 Å². The molecular weight excluding hydrogens is 423 g/mol. The van der Waals surface area contributed by atoms with E-state index in [4.69, 9.17) is 26.2 Å². The largest absolute Gasteiger partial charge is 0.493 e. The second kappa shape index (κ2) is 11.2. The van der Waals surface area contributed by atoms with Crippen molar-refractivity contribution in [2.45, 2.75) is 24.4 Å². The Morgan fingerprint density at radius 2 is 1.83 bits per heavy atom. The summed E-state index contributed by atoms with van der Waals surface area (Å²) >= 11 is 5.92. The maximum Gasteiger partial charge on any atom is 0.490 e. The SMILES string of the molecule is O=C(O)C(F)(F)F.OCC(CNCC1CCOc2ccccc21)c1ccc(Cl)cc1. The number of hydrogen-bond donors (Lipinski definition) is 3. The third kappa shape index (κ3) is 7.19. The molecule has 164 valence electrons. The molecule has 3 rings (SSSR count). The van der Waals surface area contributed by atoms with Crippen LogP contribution in [-0.2, 0) is 4.79 Å². The second-order valence-electron chi connectivity index (χ2n) is 6.76. The Bertz CT molecular complexity index is 815. The van der Waals surface area contributed by atoms with Crippen LogP contribution in [0.2, 0.25) is 5.02 Å². The fraction of sp³-hybridized carbons (Fsp3) is 0.381. The number of aliphatic hydroxyl groups is 1. The minimum absolute atomic E-state index is 0.0855. The Kier molecular flexibility index (Phi) is 8.95. The summed E-state index contributed by atoms with van der Waals surface area (Å²) in [5.41, 5.74) is 2.38. The Hall–Kier alpha value is -2.29. The summed E-state index contributed by atoms with van der Waals surface area (Å²) in [7, 11) is 0. The number of rotatable bonds is 6. The first-order valence-corrected chi connectivity index (χ1v) is 9.69. The molecular formula is C21H23ClF3NO4. The third-order valence-electron chi connectivity index (χ3n) is 4.67. The van der Waals surface area contributed by atoms with Crippen molar-refractivity contribution in [3.8, 4) is 5.75 Å². The molecule has 2 aromatic carbocycles. The number of nitrogens with one attached hydrogen (secondary N) is 1. The van der Waals surface area contributed by atoms with E-state index in [1.165, 1.54) is 5.56 Å². The fourth-order valence-electron chi connectivity index (χ4n) is 3.08. The molecule has 0 radical (unpaired) electrons. The van der Waals surface area contributed by atoms with Crippen LogP contribution in [0.3, 0.4) is 0 Å². The minimum Gasteiger partial charge on any atom is -0.493 e. The van der Waals surface area contributed by atoms with Crippen LogP contribution in [0.15, 0.2) is 48.5 Å². The van der Waals surface area contributed by atoms with E-state index in [0.717, 1.165) is 42.5 Å². The summed E-state index contributed by atoms with van der Waals surface area (Å²) in [4.78, 5) is 8.90. The van der Waals surface area contributed by atoms with Gasteiger partial charge >= 0.3 is 12.1 Å². The van der Waals surface area contributed by atoms with Crippen LogP contribution >= 0.6 is 11.6 Å². The van der Waals surface area contributed by atoms with E-state index in [0.29, 0.717) is 5.92 Å². The Morgan fingerprint density at radius 3 is 2.43 bits per heavy atom. The highest BCUT2D eigenvalue weighted by atomic mass is 35.5. The average molecular weight is 446 g/mol. The molecule has 0 aromatic heterocycles. The van der Waals surface area contributed by atoms with Crippen molar-refractivity contribution in [1.82, 2.24) is 5.32 Å². The van der Waals surface area contributed by atoms with Crippen LogP contribution < -0.4 is 10.1 Å². The van der Waals surface area contributed by atoms with E-state index in [9.17, 15) is 18.3 Å². The van der Waals surface area contributed by atoms with Crippen LogP contribution in [0.4, 0.5) is 13.2 Å². The number of alkyl halides is 3. The van der Waals surface area contributed by atoms with Gasteiger partial charge in [0.05, 0.1) is 13.2 Å². The first kappa shape index (κ1) is 24.0. The summed E-state index contributed by atoms with van der Waals surface area (Å²) in [5.74, 6) is -1.21. The number of aliphatic hydroxyl groups excluding tert-OH is 1. The number of para-hydroxylation sites is 1. The zero-order chi connectivity index (χ0) is 22.1. The Labute approximate surface area is 177 Å². The van der Waals surface area contributed by atoms with Crippen molar-refractivity contribution >= 4 is 17.6 Å². The molecule has 0 spiro atoms. The van der Waals surface area contributed by atoms with E-state index in [2.05, 4.69) is 17.4 Å². The number of ether oxygens (including phenoxy) is 1.